The van der Waals surface area contributed by atoms with Crippen LogP contribution >= 0.6 is 0 Å². The summed E-state index contributed by atoms with van der Waals surface area (Å²) >= 11 is 0. The normalized spacial score (nSPS) is 32.7. The van der Waals surface area contributed by atoms with Gasteiger partial charge in [-0.3, -0.25) is 0 Å². The monoisotopic (exact) mass is 284 g/mol. The third kappa shape index (κ3) is 2.14. The van der Waals surface area contributed by atoms with Crippen molar-refractivity contribution >= 4 is 5.82 Å². The number of anilines is 1. The molecule has 4 N–H and O–H groups in total. The van der Waals surface area contributed by atoms with E-state index in [1.165, 1.54) is 6.92 Å². The van der Waals surface area contributed by atoms with Crippen LogP contribution in [0.2, 0.25) is 0 Å². The Labute approximate surface area is 113 Å². The fraction of sp³-hybridized carbons (Fsp3) is 0.545. The summed E-state index contributed by atoms with van der Waals surface area (Å²) < 4.78 is 20.6. The van der Waals surface area contributed by atoms with Crippen molar-refractivity contribution in [3.8, 4) is 11.8 Å². The molecule has 2 heterocycles. The van der Waals surface area contributed by atoms with E-state index in [-0.39, 0.29) is 5.82 Å². The number of aliphatic hydroxyl groups excluding tert-OH is 2. The van der Waals surface area contributed by atoms with E-state index < -0.39 is 36.4 Å². The zero-order chi connectivity index (χ0) is 14.9. The lowest BCUT2D eigenvalue weighted by Crippen LogP contribution is -2.45. The van der Waals surface area contributed by atoms with Crippen LogP contribution in [0.3, 0.4) is 0 Å². The minimum absolute atomic E-state index is 0.130. The van der Waals surface area contributed by atoms with Gasteiger partial charge in [-0.1, -0.05) is 5.92 Å². The summed E-state index contributed by atoms with van der Waals surface area (Å²) in [7, 11) is 0. The van der Waals surface area contributed by atoms with Gasteiger partial charge in [-0.2, -0.15) is 14.8 Å². The van der Waals surface area contributed by atoms with Gasteiger partial charge in [-0.05, 0) is 6.92 Å². The van der Waals surface area contributed by atoms with Crippen molar-refractivity contribution < 1.29 is 19.3 Å². The van der Waals surface area contributed by atoms with E-state index in [9.17, 15) is 14.3 Å². The average Bonchev–Trinajstić information content (AvgIpc) is 2.63. The van der Waals surface area contributed by atoms with E-state index in [4.69, 9.17) is 15.6 Å². The van der Waals surface area contributed by atoms with E-state index in [0.717, 1.165) is 6.20 Å². The molecule has 1 aromatic rings. The van der Waals surface area contributed by atoms with Gasteiger partial charge < -0.3 is 20.7 Å². The lowest BCUT2D eigenvalue weighted by Gasteiger charge is -2.22. The molecule has 2 rings (SSSR count). The van der Waals surface area contributed by atoms with Gasteiger partial charge in [0.1, 0.15) is 18.0 Å². The highest BCUT2D eigenvalue weighted by Crippen LogP contribution is 2.40. The van der Waals surface area contributed by atoms with Crippen molar-refractivity contribution in [3.63, 3.8) is 0 Å². The van der Waals surface area contributed by atoms with Crippen molar-refractivity contribution in [2.75, 3.05) is 12.3 Å². The van der Waals surface area contributed by atoms with Crippen LogP contribution < -0.4 is 11.4 Å². The number of nitrogen functional groups attached to an aromatic ring is 1. The Morgan fingerprint density at radius 1 is 1.70 bits per heavy atom. The summed E-state index contributed by atoms with van der Waals surface area (Å²) in [6, 6.07) is 0. The fourth-order valence-electron chi connectivity index (χ4n) is 1.98. The van der Waals surface area contributed by atoms with Crippen molar-refractivity contribution in [1.82, 2.24) is 14.8 Å². The van der Waals surface area contributed by atoms with E-state index in [1.54, 1.807) is 0 Å². The Morgan fingerprint density at radius 3 is 2.95 bits per heavy atom. The van der Waals surface area contributed by atoms with E-state index in [1.807, 2.05) is 0 Å². The molecule has 1 saturated heterocycles. The number of hydrogen-bond acceptors (Lipinski definition) is 7. The first kappa shape index (κ1) is 14.4. The third-order valence-electron chi connectivity index (χ3n) is 2.90. The predicted octanol–water partition coefficient (Wildman–Crippen LogP) is -1.80. The van der Waals surface area contributed by atoms with Gasteiger partial charge in [0.15, 0.2) is 0 Å². The van der Waals surface area contributed by atoms with E-state index in [2.05, 4.69) is 21.9 Å². The van der Waals surface area contributed by atoms with Gasteiger partial charge in [-0.15, -0.1) is 5.92 Å². The molecule has 0 amide bonds. The number of nitrogens with zero attached hydrogens (tertiary/aromatic N) is 3. The largest absolute Gasteiger partial charge is 0.394 e. The number of nitrogens with two attached hydrogens (primary N) is 1. The first-order valence-electron chi connectivity index (χ1n) is 5.72. The molecule has 0 aliphatic carbocycles. The number of aromatic nitrogens is 3. The molecule has 8 nitrogen and oxygen atoms in total. The molecule has 1 aromatic heterocycles. The predicted molar refractivity (Wildman–Crippen MR) is 65.0 cm³/mol. The summed E-state index contributed by atoms with van der Waals surface area (Å²) in [6.07, 6.45) is -3.53. The quantitative estimate of drug-likeness (QED) is 0.547. The van der Waals surface area contributed by atoms with Crippen LogP contribution in [0.4, 0.5) is 10.2 Å². The molecule has 108 valence electrons. The molecule has 0 saturated carbocycles. The molecule has 0 aromatic carbocycles. The minimum Gasteiger partial charge on any atom is -0.394 e. The summed E-state index contributed by atoms with van der Waals surface area (Å²) in [5, 5.41) is 22.6. The van der Waals surface area contributed by atoms with E-state index >= 15 is 0 Å². The second-order valence-corrected chi connectivity index (χ2v) is 4.21. The lowest BCUT2D eigenvalue weighted by molar-refractivity contribution is -0.0610. The zero-order valence-electron chi connectivity index (χ0n) is 10.5. The van der Waals surface area contributed by atoms with Crippen LogP contribution in [0.1, 0.15) is 13.2 Å². The maximum absolute atomic E-state index is 14.9. The van der Waals surface area contributed by atoms with Crippen LogP contribution in [0.5, 0.6) is 0 Å². The molecule has 1 fully saturated rings. The van der Waals surface area contributed by atoms with Gasteiger partial charge in [0.2, 0.25) is 11.9 Å². The number of rotatable bonds is 2. The molecule has 0 spiro atoms. The third-order valence-corrected chi connectivity index (χ3v) is 2.90. The highest BCUT2D eigenvalue weighted by Gasteiger charge is 2.58. The lowest BCUT2D eigenvalue weighted by atomic mass is 9.97. The second-order valence-electron chi connectivity index (χ2n) is 4.21. The summed E-state index contributed by atoms with van der Waals surface area (Å²) in [6.45, 7) is 0.737. The smallest absolute Gasteiger partial charge is 0.368 e. The van der Waals surface area contributed by atoms with Crippen LogP contribution in [0, 0.1) is 11.8 Å². The Balaban J connectivity index is 2.52. The number of ether oxygens (including phenoxy) is 1. The molecule has 0 bridgehead atoms. The van der Waals surface area contributed by atoms with Crippen molar-refractivity contribution in [2.24, 2.45) is 0 Å². The maximum atomic E-state index is 14.9. The number of aliphatic hydroxyl groups is 2. The van der Waals surface area contributed by atoms with Crippen LogP contribution in [0.15, 0.2) is 11.0 Å². The molecule has 9 heteroatoms. The highest BCUT2D eigenvalue weighted by atomic mass is 19.1. The summed E-state index contributed by atoms with van der Waals surface area (Å²) in [5.74, 6) is 4.35. The van der Waals surface area contributed by atoms with E-state index in [0.29, 0.717) is 4.68 Å². The number of alkyl halides is 1. The highest BCUT2D eigenvalue weighted by molar-refractivity contribution is 5.23. The van der Waals surface area contributed by atoms with Gasteiger partial charge in [0, 0.05) is 0 Å². The van der Waals surface area contributed by atoms with Gasteiger partial charge in [0.25, 0.3) is 0 Å². The summed E-state index contributed by atoms with van der Waals surface area (Å²) in [4.78, 5) is 15.1. The Hall–Kier alpha value is -2.02. The second kappa shape index (κ2) is 5.16. The van der Waals surface area contributed by atoms with Crippen LogP contribution in [-0.2, 0) is 4.74 Å². The van der Waals surface area contributed by atoms with Crippen molar-refractivity contribution in [1.29, 1.82) is 0 Å². The van der Waals surface area contributed by atoms with Crippen LogP contribution in [-0.4, -0.2) is 49.5 Å². The van der Waals surface area contributed by atoms with Crippen LogP contribution in [0.25, 0.3) is 0 Å². The van der Waals surface area contributed by atoms with Crippen molar-refractivity contribution in [3.05, 3.63) is 16.7 Å². The zero-order valence-corrected chi connectivity index (χ0v) is 10.5. The molecular formula is C11H13FN4O4. The van der Waals surface area contributed by atoms with Gasteiger partial charge in [0.05, 0.1) is 12.8 Å². The first-order chi connectivity index (χ1) is 9.43. The topological polar surface area (TPSA) is 123 Å². The molecular weight excluding hydrogens is 271 g/mol. The molecule has 0 radical (unpaired) electrons. The van der Waals surface area contributed by atoms with Crippen molar-refractivity contribution in [2.45, 2.75) is 31.0 Å². The molecule has 20 heavy (non-hydrogen) atoms. The molecule has 4 atom stereocenters. The number of hydrogen-bond donors (Lipinski definition) is 3. The molecule has 1 aliphatic rings. The Morgan fingerprint density at radius 2 is 2.40 bits per heavy atom. The van der Waals surface area contributed by atoms with Gasteiger partial charge >= 0.3 is 5.69 Å². The molecule has 1 unspecified atom stereocenters. The maximum Gasteiger partial charge on any atom is 0.368 e. The average molecular weight is 284 g/mol. The molecule has 1 aliphatic heterocycles. The first-order valence-corrected chi connectivity index (χ1v) is 5.72. The Kier molecular flexibility index (Phi) is 3.71. The summed E-state index contributed by atoms with van der Waals surface area (Å²) in [5.41, 5.74) is 1.76. The number of halogens is 1. The minimum atomic E-state index is -2.59. The Bertz CT molecular complexity index is 625. The standard InChI is InChI=1S/C11H13FN4O4/c1-2-3-11(12)8(18)6(5-17)20-9(11)16-10(19)15-7(13)4-14-16/h4,6,8-9,17-18H,5H2,1H3,(H2,13,15,19)/t6-,8+,9-,11?/m1/s1. The van der Waals surface area contributed by atoms with Gasteiger partial charge in [-0.25, -0.2) is 9.18 Å². The SMILES string of the molecule is CC#CC1(F)[C@@H](O)[C@@H](CO)O[C@H]1n1ncc(N)nc1=O. The fourth-order valence-corrected chi connectivity index (χ4v) is 1.98.